The Balaban J connectivity index is 1.69. The van der Waals surface area contributed by atoms with Crippen molar-refractivity contribution >= 4 is 23.2 Å². The molecule has 0 spiro atoms. The first kappa shape index (κ1) is 17.0. The molecule has 0 saturated heterocycles. The zero-order valence-electron chi connectivity index (χ0n) is 14.3. The van der Waals surface area contributed by atoms with Gasteiger partial charge in [0.1, 0.15) is 0 Å². The van der Waals surface area contributed by atoms with E-state index in [0.717, 1.165) is 18.4 Å². The Labute approximate surface area is 147 Å². The fourth-order valence-electron chi connectivity index (χ4n) is 3.16. The first-order valence-electron chi connectivity index (χ1n) is 8.61. The molecule has 3 rings (SSSR count). The van der Waals surface area contributed by atoms with Gasteiger partial charge >= 0.3 is 0 Å². The van der Waals surface area contributed by atoms with E-state index in [2.05, 4.69) is 10.6 Å². The van der Waals surface area contributed by atoms with Crippen LogP contribution in [0.1, 0.15) is 52.0 Å². The summed E-state index contributed by atoms with van der Waals surface area (Å²) < 4.78 is 0. The summed E-state index contributed by atoms with van der Waals surface area (Å²) in [5.41, 5.74) is 8.91. The minimum Gasteiger partial charge on any atom is -0.399 e. The van der Waals surface area contributed by atoms with Crippen LogP contribution < -0.4 is 16.4 Å². The number of hydrogen-bond acceptors (Lipinski definition) is 3. The van der Waals surface area contributed by atoms with Gasteiger partial charge in [-0.3, -0.25) is 9.59 Å². The summed E-state index contributed by atoms with van der Waals surface area (Å²) in [5, 5.41) is 5.94. The number of nitrogens with one attached hydrogen (secondary N) is 2. The molecule has 1 saturated carbocycles. The van der Waals surface area contributed by atoms with Crippen LogP contribution in [0.25, 0.3) is 0 Å². The van der Waals surface area contributed by atoms with Crippen LogP contribution in [0.5, 0.6) is 0 Å². The fraction of sp³-hybridized carbons (Fsp3) is 0.300. The third kappa shape index (κ3) is 4.18. The van der Waals surface area contributed by atoms with Crippen LogP contribution in [0.2, 0.25) is 0 Å². The van der Waals surface area contributed by atoms with Gasteiger partial charge in [0.05, 0.1) is 0 Å². The van der Waals surface area contributed by atoms with Crippen molar-refractivity contribution < 1.29 is 9.59 Å². The average Bonchev–Trinajstić information content (AvgIpc) is 3.09. The second kappa shape index (κ2) is 7.38. The van der Waals surface area contributed by atoms with Crippen molar-refractivity contribution in [3.8, 4) is 0 Å². The van der Waals surface area contributed by atoms with Crippen LogP contribution in [-0.4, -0.2) is 17.9 Å². The Kier molecular flexibility index (Phi) is 5.03. The highest BCUT2D eigenvalue weighted by Crippen LogP contribution is 2.21. The average molecular weight is 337 g/mol. The molecule has 5 nitrogen and oxygen atoms in total. The van der Waals surface area contributed by atoms with Crippen LogP contribution in [0, 0.1) is 6.92 Å². The highest BCUT2D eigenvalue weighted by atomic mass is 16.2. The predicted octanol–water partition coefficient (Wildman–Crippen LogP) is 3.50. The van der Waals surface area contributed by atoms with E-state index in [-0.39, 0.29) is 17.9 Å². The van der Waals surface area contributed by atoms with Gasteiger partial charge in [-0.25, -0.2) is 0 Å². The van der Waals surface area contributed by atoms with Gasteiger partial charge < -0.3 is 16.4 Å². The summed E-state index contributed by atoms with van der Waals surface area (Å²) >= 11 is 0. The van der Waals surface area contributed by atoms with Crippen molar-refractivity contribution in [3.63, 3.8) is 0 Å². The number of benzene rings is 2. The molecule has 0 unspecified atom stereocenters. The molecule has 0 heterocycles. The Bertz CT molecular complexity index is 795. The number of anilines is 2. The lowest BCUT2D eigenvalue weighted by Gasteiger charge is -2.14. The van der Waals surface area contributed by atoms with E-state index in [1.165, 1.54) is 12.8 Å². The van der Waals surface area contributed by atoms with Crippen molar-refractivity contribution in [2.75, 3.05) is 11.1 Å². The van der Waals surface area contributed by atoms with Crippen LogP contribution >= 0.6 is 0 Å². The number of carbonyl (C=O) groups is 2. The quantitative estimate of drug-likeness (QED) is 0.747. The molecule has 0 aromatic heterocycles. The molecule has 25 heavy (non-hydrogen) atoms. The molecular weight excluding hydrogens is 314 g/mol. The number of nitrogens with two attached hydrogens (primary N) is 1. The minimum absolute atomic E-state index is 0.0521. The molecule has 0 atom stereocenters. The second-order valence-electron chi connectivity index (χ2n) is 6.56. The first-order chi connectivity index (χ1) is 12.0. The number of aryl methyl sites for hydroxylation is 1. The maximum Gasteiger partial charge on any atom is 0.255 e. The van der Waals surface area contributed by atoms with E-state index in [0.29, 0.717) is 22.5 Å². The summed E-state index contributed by atoms with van der Waals surface area (Å²) in [4.78, 5) is 24.7. The highest BCUT2D eigenvalue weighted by molar-refractivity contribution is 6.05. The Morgan fingerprint density at radius 1 is 1.00 bits per heavy atom. The lowest BCUT2D eigenvalue weighted by molar-refractivity contribution is 0.0937. The molecule has 2 aromatic carbocycles. The monoisotopic (exact) mass is 337 g/mol. The van der Waals surface area contributed by atoms with Crippen LogP contribution in [0.15, 0.2) is 42.5 Å². The number of hydrogen-bond donors (Lipinski definition) is 3. The van der Waals surface area contributed by atoms with E-state index >= 15 is 0 Å². The lowest BCUT2D eigenvalue weighted by atomic mass is 10.1. The van der Waals surface area contributed by atoms with Gasteiger partial charge in [0, 0.05) is 28.5 Å². The third-order valence-electron chi connectivity index (χ3n) is 4.58. The zero-order chi connectivity index (χ0) is 17.8. The minimum atomic E-state index is -0.224. The van der Waals surface area contributed by atoms with Crippen LogP contribution in [0.4, 0.5) is 11.4 Å². The molecule has 4 N–H and O–H groups in total. The SMILES string of the molecule is Cc1cc(C(=O)NC2CCCC2)ccc1NC(=O)c1cccc(N)c1. The van der Waals surface area contributed by atoms with Gasteiger partial charge in [-0.15, -0.1) is 0 Å². The van der Waals surface area contributed by atoms with Gasteiger partial charge in [0.15, 0.2) is 0 Å². The van der Waals surface area contributed by atoms with Crippen molar-refractivity contribution in [2.45, 2.75) is 38.6 Å². The van der Waals surface area contributed by atoms with Crippen LogP contribution in [-0.2, 0) is 0 Å². The number of nitrogen functional groups attached to an aromatic ring is 1. The Morgan fingerprint density at radius 2 is 1.72 bits per heavy atom. The second-order valence-corrected chi connectivity index (χ2v) is 6.56. The first-order valence-corrected chi connectivity index (χ1v) is 8.61. The predicted molar refractivity (Wildman–Crippen MR) is 99.7 cm³/mol. The molecule has 0 radical (unpaired) electrons. The summed E-state index contributed by atoms with van der Waals surface area (Å²) in [5.74, 6) is -0.276. The Morgan fingerprint density at radius 3 is 2.40 bits per heavy atom. The number of carbonyl (C=O) groups excluding carboxylic acids is 2. The molecule has 2 amide bonds. The van der Waals surface area contributed by atoms with Crippen molar-refractivity contribution in [1.82, 2.24) is 5.32 Å². The Hall–Kier alpha value is -2.82. The van der Waals surface area contributed by atoms with Gasteiger partial charge in [0.2, 0.25) is 0 Å². The van der Waals surface area contributed by atoms with Gasteiger partial charge in [-0.2, -0.15) is 0 Å². The molecular formula is C20H23N3O2. The third-order valence-corrected chi connectivity index (χ3v) is 4.58. The van der Waals surface area contributed by atoms with E-state index in [4.69, 9.17) is 5.73 Å². The number of rotatable bonds is 4. The summed E-state index contributed by atoms with van der Waals surface area (Å²) in [6.45, 7) is 1.88. The summed E-state index contributed by atoms with van der Waals surface area (Å²) in [7, 11) is 0. The molecule has 5 heteroatoms. The lowest BCUT2D eigenvalue weighted by Crippen LogP contribution is -2.32. The fourth-order valence-corrected chi connectivity index (χ4v) is 3.16. The van der Waals surface area contributed by atoms with E-state index in [9.17, 15) is 9.59 Å². The summed E-state index contributed by atoms with van der Waals surface area (Å²) in [6, 6.07) is 12.4. The van der Waals surface area contributed by atoms with Crippen molar-refractivity contribution in [1.29, 1.82) is 0 Å². The van der Waals surface area contributed by atoms with Crippen LogP contribution in [0.3, 0.4) is 0 Å². The van der Waals surface area contributed by atoms with Crippen molar-refractivity contribution in [3.05, 3.63) is 59.2 Å². The smallest absolute Gasteiger partial charge is 0.255 e. The molecule has 0 bridgehead atoms. The van der Waals surface area contributed by atoms with Crippen molar-refractivity contribution in [2.24, 2.45) is 0 Å². The summed E-state index contributed by atoms with van der Waals surface area (Å²) in [6.07, 6.45) is 4.47. The largest absolute Gasteiger partial charge is 0.399 e. The molecule has 2 aromatic rings. The van der Waals surface area contributed by atoms with Gasteiger partial charge in [-0.1, -0.05) is 18.9 Å². The van der Waals surface area contributed by atoms with E-state index in [1.807, 2.05) is 6.92 Å². The van der Waals surface area contributed by atoms with E-state index < -0.39 is 0 Å². The maximum absolute atomic E-state index is 12.3. The maximum atomic E-state index is 12.3. The van der Waals surface area contributed by atoms with Gasteiger partial charge in [-0.05, 0) is 61.7 Å². The topological polar surface area (TPSA) is 84.2 Å². The normalized spacial score (nSPS) is 14.3. The molecule has 0 aliphatic heterocycles. The zero-order valence-corrected chi connectivity index (χ0v) is 14.3. The van der Waals surface area contributed by atoms with Gasteiger partial charge in [0.25, 0.3) is 11.8 Å². The van der Waals surface area contributed by atoms with E-state index in [1.54, 1.807) is 42.5 Å². The molecule has 1 aliphatic carbocycles. The standard InChI is InChI=1S/C20H23N3O2/c1-13-11-15(19(24)22-17-7-2-3-8-17)9-10-18(13)23-20(25)14-5-4-6-16(21)12-14/h4-6,9-12,17H,2-3,7-8,21H2,1H3,(H,22,24)(H,23,25). The molecule has 1 aliphatic rings. The molecule has 1 fully saturated rings. The number of amides is 2. The molecule has 130 valence electrons. The highest BCUT2D eigenvalue weighted by Gasteiger charge is 2.18.